The van der Waals surface area contributed by atoms with Gasteiger partial charge in [-0.05, 0) is 154 Å². The number of amides is 2. The van der Waals surface area contributed by atoms with Gasteiger partial charge < -0.3 is 40.1 Å². The number of anilines is 4. The number of hydrogen-bond acceptors (Lipinski definition) is 14. The van der Waals surface area contributed by atoms with E-state index in [2.05, 4.69) is 20.2 Å². The van der Waals surface area contributed by atoms with Gasteiger partial charge in [0.25, 0.3) is 11.1 Å². The number of nitrogen functional groups attached to an aromatic ring is 1. The van der Waals surface area contributed by atoms with Crippen molar-refractivity contribution in [2.24, 2.45) is 0 Å². The normalized spacial score (nSPS) is 17.5. The second-order valence-corrected chi connectivity index (χ2v) is 28.3. The summed E-state index contributed by atoms with van der Waals surface area (Å²) in [6.07, 6.45) is 2.63. The van der Waals surface area contributed by atoms with Crippen molar-refractivity contribution in [1.82, 2.24) is 38.9 Å². The van der Waals surface area contributed by atoms with E-state index >= 15 is 8.78 Å². The molecule has 93 heavy (non-hydrogen) atoms. The van der Waals surface area contributed by atoms with Crippen LogP contribution >= 0.6 is 34.8 Å². The van der Waals surface area contributed by atoms with Gasteiger partial charge in [-0.15, -0.1) is 11.6 Å². The number of benzene rings is 2. The lowest BCUT2D eigenvalue weighted by Gasteiger charge is -2.49. The molecule has 2 aromatic carbocycles. The zero-order valence-electron chi connectivity index (χ0n) is 55.5. The van der Waals surface area contributed by atoms with Gasteiger partial charge in [-0.3, -0.25) is 28.7 Å². The minimum Gasteiger partial charge on any atom is -0.444 e. The average molecular weight is 1330 g/mol. The standard InChI is InChI=1S/C35H41Cl2FN6O3.C35H40ClFN6O3/c1-18(2)28-30(20(4)12-13-40-28)44-32-23(14-24(37)29(41-32)26-19(3)10-9-11-25(26)38)31(27(39)33(44)45)43-16-21(5)42(17-22(43)15-36)34(46)47-35(6,7)8;1-18(2)27-30(20(4)12-13-38-27)43-32-23(14-24(36)28(40-32)26-19(3)10-9-11-25(26)37)31-29(33(43)44)39-15-22-17-41(21(5)16-42(22)31)34(45)46-35(6,7)8/h9-14,18,21-22H,15-17,39H2,1-8H3;9-14,18,21-22,39H,15-17H2,1-8H3/t2*21-,22+/m11/s1. The largest absolute Gasteiger partial charge is 0.444 e. The molecular weight excluding hydrogens is 1250 g/mol. The van der Waals surface area contributed by atoms with Crippen molar-refractivity contribution in [1.29, 1.82) is 0 Å². The van der Waals surface area contributed by atoms with E-state index in [1.165, 1.54) is 16.7 Å². The van der Waals surface area contributed by atoms with Crippen LogP contribution in [0.2, 0.25) is 10.0 Å². The van der Waals surface area contributed by atoms with Crippen molar-refractivity contribution in [3.8, 4) is 33.9 Å². The number of pyridine rings is 6. The summed E-state index contributed by atoms with van der Waals surface area (Å²) in [4.78, 5) is 82.4. The molecule has 11 rings (SSSR count). The molecule has 2 amide bonds. The Morgan fingerprint density at radius 3 is 1.52 bits per heavy atom. The minimum absolute atomic E-state index is 0.00702. The Morgan fingerprint density at radius 1 is 0.634 bits per heavy atom. The maximum Gasteiger partial charge on any atom is 0.410 e. The number of halogens is 5. The van der Waals surface area contributed by atoms with E-state index in [-0.39, 0.29) is 97.9 Å². The lowest BCUT2D eigenvalue weighted by Crippen LogP contribution is -2.63. The highest BCUT2D eigenvalue weighted by atomic mass is 35.5. The number of ether oxygens (including phenoxy) is 2. The topological polar surface area (TPSA) is 199 Å². The molecule has 3 aliphatic heterocycles. The molecule has 9 heterocycles. The molecule has 0 aliphatic carbocycles. The van der Waals surface area contributed by atoms with E-state index < -0.39 is 40.5 Å². The third kappa shape index (κ3) is 12.9. The van der Waals surface area contributed by atoms with E-state index in [1.807, 2.05) is 127 Å². The number of fused-ring (bicyclic) bond motifs is 6. The van der Waals surface area contributed by atoms with Gasteiger partial charge in [-0.1, -0.05) is 75.2 Å². The van der Waals surface area contributed by atoms with Crippen molar-refractivity contribution in [2.75, 3.05) is 59.5 Å². The molecule has 8 aromatic rings. The number of carbonyl (C=O) groups is 2. The van der Waals surface area contributed by atoms with Crippen LogP contribution in [0.3, 0.4) is 0 Å². The van der Waals surface area contributed by atoms with Crippen LogP contribution in [0.1, 0.15) is 129 Å². The summed E-state index contributed by atoms with van der Waals surface area (Å²) < 4.78 is 45.2. The van der Waals surface area contributed by atoms with Crippen molar-refractivity contribution in [3.05, 3.63) is 149 Å². The molecule has 0 unspecified atom stereocenters. The van der Waals surface area contributed by atoms with Crippen molar-refractivity contribution >= 4 is 91.8 Å². The Morgan fingerprint density at radius 2 is 1.08 bits per heavy atom. The summed E-state index contributed by atoms with van der Waals surface area (Å²) in [5.41, 5.74) is 13.3. The molecule has 0 spiro atoms. The van der Waals surface area contributed by atoms with E-state index in [0.717, 1.165) is 16.8 Å². The van der Waals surface area contributed by atoms with Gasteiger partial charge in [0.05, 0.1) is 67.7 Å². The molecule has 492 valence electrons. The maximum atomic E-state index is 15.4. The first kappa shape index (κ1) is 67.8. The fraction of sp³-hybridized carbons (Fsp3) is 0.429. The molecule has 2 fully saturated rings. The molecule has 0 radical (unpaired) electrons. The van der Waals surface area contributed by atoms with Gasteiger partial charge in [0.1, 0.15) is 45.5 Å². The summed E-state index contributed by atoms with van der Waals surface area (Å²) in [6.45, 7) is 32.2. The molecule has 4 atom stereocenters. The molecule has 0 bridgehead atoms. The highest BCUT2D eigenvalue weighted by Crippen LogP contribution is 2.45. The van der Waals surface area contributed by atoms with Gasteiger partial charge in [-0.2, -0.15) is 0 Å². The molecule has 3 aliphatic rings. The Labute approximate surface area is 556 Å². The number of nitrogens with zero attached hydrogens (tertiary/aromatic N) is 10. The van der Waals surface area contributed by atoms with Crippen molar-refractivity contribution in [2.45, 2.75) is 158 Å². The van der Waals surface area contributed by atoms with Gasteiger partial charge in [0, 0.05) is 85.0 Å². The zero-order valence-corrected chi connectivity index (χ0v) is 57.8. The summed E-state index contributed by atoms with van der Waals surface area (Å²) in [6, 6.07) is 15.7. The fourth-order valence-electron chi connectivity index (χ4n) is 12.8. The minimum atomic E-state index is -0.675. The average Bonchev–Trinajstić information content (AvgIpc) is 0.732. The molecule has 3 N–H and O–H groups in total. The molecule has 18 nitrogen and oxygen atoms in total. The second kappa shape index (κ2) is 26.0. The SMILES string of the molecule is Cc1cccc(F)c1-c1nc2c(cc1Cl)c(N1C[C@@H](C)N(C(=O)OC(C)(C)C)C[C@@H]1CCl)c(N)c(=O)n2-c1c(C)ccnc1C(C)C.Cc1cccc(F)c1-c1nc2c(cc1Cl)c1c(c(=O)n2-c2c(C)ccnc2C(C)C)NC[C@H]2CN(C(=O)OC(C)(C)C)[C@H](C)CN12. The van der Waals surface area contributed by atoms with Crippen LogP contribution in [0.25, 0.3) is 56.0 Å². The summed E-state index contributed by atoms with van der Waals surface area (Å²) >= 11 is 20.5. The third-order valence-corrected chi connectivity index (χ3v) is 18.1. The van der Waals surface area contributed by atoms with E-state index in [4.69, 9.17) is 60.0 Å². The highest BCUT2D eigenvalue weighted by molar-refractivity contribution is 6.34. The summed E-state index contributed by atoms with van der Waals surface area (Å²) in [5.74, 6) is -0.848. The lowest BCUT2D eigenvalue weighted by atomic mass is 9.99. The van der Waals surface area contributed by atoms with Crippen LogP contribution in [-0.2, 0) is 9.47 Å². The predicted molar refractivity (Wildman–Crippen MR) is 369 cm³/mol. The first-order valence-corrected chi connectivity index (χ1v) is 32.6. The molecule has 2 saturated heterocycles. The van der Waals surface area contributed by atoms with Crippen molar-refractivity contribution in [3.63, 3.8) is 0 Å². The van der Waals surface area contributed by atoms with E-state index in [1.54, 1.807) is 64.0 Å². The van der Waals surface area contributed by atoms with Crippen LogP contribution < -0.4 is 32.0 Å². The third-order valence-electron chi connectivity index (χ3n) is 17.2. The smallest absolute Gasteiger partial charge is 0.410 e. The lowest BCUT2D eigenvalue weighted by molar-refractivity contribution is 0.0119. The highest BCUT2D eigenvalue weighted by Gasteiger charge is 2.43. The van der Waals surface area contributed by atoms with Crippen molar-refractivity contribution < 1.29 is 27.8 Å². The summed E-state index contributed by atoms with van der Waals surface area (Å²) in [7, 11) is 0. The monoisotopic (exact) mass is 1330 g/mol. The Hall–Kier alpha value is -8.07. The van der Waals surface area contributed by atoms with Gasteiger partial charge >= 0.3 is 12.2 Å². The number of rotatable bonds is 8. The number of piperazine rings is 2. The van der Waals surface area contributed by atoms with Crippen LogP contribution in [0.5, 0.6) is 0 Å². The Balaban J connectivity index is 0.000000203. The molecular formula is C70H81Cl3F2N12O6. The zero-order chi connectivity index (χ0) is 67.8. The van der Waals surface area contributed by atoms with Crippen LogP contribution in [0.15, 0.2) is 82.6 Å². The van der Waals surface area contributed by atoms with E-state index in [9.17, 15) is 19.2 Å². The maximum absolute atomic E-state index is 15.4. The Bertz CT molecular complexity index is 4370. The van der Waals surface area contributed by atoms with Crippen LogP contribution in [0, 0.1) is 39.3 Å². The quantitative estimate of drug-likeness (QED) is 0.136. The molecule has 23 heteroatoms. The molecule has 6 aromatic heterocycles. The van der Waals surface area contributed by atoms with Gasteiger partial charge in [-0.25, -0.2) is 28.3 Å². The number of alkyl halides is 1. The molecule has 0 saturated carbocycles. The van der Waals surface area contributed by atoms with Gasteiger partial charge in [0.2, 0.25) is 0 Å². The number of aromatic nitrogens is 6. The van der Waals surface area contributed by atoms with Crippen LogP contribution in [0.4, 0.5) is 41.1 Å². The number of nitrogens with two attached hydrogens (primary N) is 1. The number of hydrogen-bond donors (Lipinski definition) is 2. The Kier molecular flexibility index (Phi) is 19.0. The number of aryl methyl sites for hydroxylation is 4. The number of carbonyl (C=O) groups excluding carboxylic acids is 2. The fourth-order valence-corrected chi connectivity index (χ4v) is 13.6. The number of nitrogens with one attached hydrogen (secondary N) is 1. The predicted octanol–water partition coefficient (Wildman–Crippen LogP) is 14.8. The van der Waals surface area contributed by atoms with Crippen LogP contribution in [-0.4, -0.2) is 125 Å². The first-order chi connectivity index (χ1) is 43.7. The second-order valence-electron chi connectivity index (χ2n) is 27.2. The first-order valence-electron chi connectivity index (χ1n) is 31.3. The van der Waals surface area contributed by atoms with E-state index in [0.29, 0.717) is 87.9 Å². The van der Waals surface area contributed by atoms with Gasteiger partial charge in [0.15, 0.2) is 0 Å². The summed E-state index contributed by atoms with van der Waals surface area (Å²) in [5, 5.41) is 4.98.